The summed E-state index contributed by atoms with van der Waals surface area (Å²) in [5.74, 6) is 2.42. The summed E-state index contributed by atoms with van der Waals surface area (Å²) in [5.41, 5.74) is 0. The van der Waals surface area contributed by atoms with Crippen LogP contribution in [0.4, 0.5) is 0 Å². The number of rotatable bonds is 5. The van der Waals surface area contributed by atoms with Gasteiger partial charge in [0.1, 0.15) is 0 Å². The van der Waals surface area contributed by atoms with Crippen LogP contribution in [0.25, 0.3) is 0 Å². The lowest BCUT2D eigenvalue weighted by Gasteiger charge is -2.36. The van der Waals surface area contributed by atoms with Crippen LogP contribution in [0.1, 0.15) is 39.5 Å². The molecule has 0 aromatic carbocycles. The first-order valence-electron chi connectivity index (χ1n) is 6.65. The molecule has 0 spiro atoms. The van der Waals surface area contributed by atoms with Crippen molar-refractivity contribution < 1.29 is 0 Å². The standard InChI is InChI=1S/C13H25NS2/c1-9-10(2)16-13(8-15-9)12(14-3)7-6-11-4-5-11/h9-14H,4-8H2,1-3H3. The largest absolute Gasteiger partial charge is 0.316 e. The van der Waals surface area contributed by atoms with Crippen LogP contribution in [0.2, 0.25) is 0 Å². The molecule has 2 aliphatic rings. The second-order valence-electron chi connectivity index (χ2n) is 5.33. The van der Waals surface area contributed by atoms with E-state index in [2.05, 4.69) is 49.7 Å². The molecule has 3 heteroatoms. The van der Waals surface area contributed by atoms with Crippen molar-refractivity contribution in [1.29, 1.82) is 0 Å². The van der Waals surface area contributed by atoms with Gasteiger partial charge in [-0.25, -0.2) is 0 Å². The second-order valence-corrected chi connectivity index (χ2v) is 8.37. The molecule has 1 saturated heterocycles. The molecule has 0 bridgehead atoms. The Kier molecular flexibility index (Phi) is 4.92. The molecule has 1 aliphatic heterocycles. The van der Waals surface area contributed by atoms with Crippen molar-refractivity contribution in [3.05, 3.63) is 0 Å². The molecule has 0 aromatic rings. The molecule has 1 nitrogen and oxygen atoms in total. The van der Waals surface area contributed by atoms with E-state index in [1.165, 1.54) is 31.4 Å². The second kappa shape index (κ2) is 6.01. The first kappa shape index (κ1) is 13.1. The average Bonchev–Trinajstić information content (AvgIpc) is 3.08. The Bertz CT molecular complexity index is 218. The highest BCUT2D eigenvalue weighted by Crippen LogP contribution is 2.39. The van der Waals surface area contributed by atoms with E-state index in [1.54, 1.807) is 0 Å². The molecule has 0 radical (unpaired) electrons. The van der Waals surface area contributed by atoms with Gasteiger partial charge >= 0.3 is 0 Å². The van der Waals surface area contributed by atoms with Gasteiger partial charge < -0.3 is 5.32 Å². The Morgan fingerprint density at radius 1 is 1.25 bits per heavy atom. The Morgan fingerprint density at radius 3 is 2.56 bits per heavy atom. The average molecular weight is 259 g/mol. The van der Waals surface area contributed by atoms with Crippen LogP contribution in [0.5, 0.6) is 0 Å². The molecule has 0 aromatic heterocycles. The van der Waals surface area contributed by atoms with Crippen LogP contribution in [-0.4, -0.2) is 34.6 Å². The summed E-state index contributed by atoms with van der Waals surface area (Å²) in [7, 11) is 2.14. The van der Waals surface area contributed by atoms with Crippen molar-refractivity contribution in [3.63, 3.8) is 0 Å². The van der Waals surface area contributed by atoms with E-state index in [0.717, 1.165) is 27.7 Å². The third-order valence-corrected chi connectivity index (χ3v) is 7.53. The maximum Gasteiger partial charge on any atom is 0.0294 e. The van der Waals surface area contributed by atoms with Crippen molar-refractivity contribution >= 4 is 23.5 Å². The fourth-order valence-corrected chi connectivity index (χ4v) is 5.57. The van der Waals surface area contributed by atoms with E-state index in [4.69, 9.17) is 0 Å². The smallest absolute Gasteiger partial charge is 0.0294 e. The molecule has 0 amide bonds. The van der Waals surface area contributed by atoms with Crippen LogP contribution in [0.15, 0.2) is 0 Å². The van der Waals surface area contributed by atoms with E-state index >= 15 is 0 Å². The predicted octanol–water partition coefficient (Wildman–Crippen LogP) is 3.39. The van der Waals surface area contributed by atoms with Gasteiger partial charge in [-0.15, -0.1) is 0 Å². The van der Waals surface area contributed by atoms with E-state index < -0.39 is 0 Å². The third kappa shape index (κ3) is 3.58. The fourth-order valence-electron chi connectivity index (χ4n) is 2.36. The minimum absolute atomic E-state index is 0.744. The Balaban J connectivity index is 1.78. The molecule has 1 saturated carbocycles. The molecule has 1 heterocycles. The van der Waals surface area contributed by atoms with Gasteiger partial charge in [0.05, 0.1) is 0 Å². The number of hydrogen-bond donors (Lipinski definition) is 1. The summed E-state index contributed by atoms with van der Waals surface area (Å²) in [6, 6.07) is 0.744. The van der Waals surface area contributed by atoms with Gasteiger partial charge in [0.25, 0.3) is 0 Å². The van der Waals surface area contributed by atoms with Crippen molar-refractivity contribution in [2.24, 2.45) is 5.92 Å². The number of nitrogens with one attached hydrogen (secondary N) is 1. The van der Waals surface area contributed by atoms with E-state index in [-0.39, 0.29) is 0 Å². The molecule has 4 unspecified atom stereocenters. The monoisotopic (exact) mass is 259 g/mol. The third-order valence-electron chi connectivity index (χ3n) is 3.98. The maximum absolute atomic E-state index is 3.56. The van der Waals surface area contributed by atoms with E-state index in [0.29, 0.717) is 0 Å². The van der Waals surface area contributed by atoms with Gasteiger partial charge in [-0.2, -0.15) is 23.5 Å². The van der Waals surface area contributed by atoms with Gasteiger partial charge in [0.15, 0.2) is 0 Å². The fraction of sp³-hybridized carbons (Fsp3) is 1.00. The summed E-state index contributed by atoms with van der Waals surface area (Å²) in [5, 5.41) is 6.04. The van der Waals surface area contributed by atoms with E-state index in [1.807, 2.05) is 0 Å². The molecular formula is C13H25NS2. The Morgan fingerprint density at radius 2 is 2.00 bits per heavy atom. The SMILES string of the molecule is CNC(CCC1CC1)C1CSC(C)C(C)S1. The molecule has 2 rings (SSSR count). The zero-order valence-electron chi connectivity index (χ0n) is 10.7. The van der Waals surface area contributed by atoms with Crippen LogP contribution < -0.4 is 5.32 Å². The molecule has 94 valence electrons. The zero-order valence-corrected chi connectivity index (χ0v) is 12.4. The summed E-state index contributed by atoms with van der Waals surface area (Å²) in [4.78, 5) is 0. The zero-order chi connectivity index (χ0) is 11.5. The molecular weight excluding hydrogens is 234 g/mol. The van der Waals surface area contributed by atoms with Crippen molar-refractivity contribution in [3.8, 4) is 0 Å². The maximum atomic E-state index is 3.56. The van der Waals surface area contributed by atoms with E-state index in [9.17, 15) is 0 Å². The molecule has 4 atom stereocenters. The van der Waals surface area contributed by atoms with Gasteiger partial charge in [0, 0.05) is 27.5 Å². The highest BCUT2D eigenvalue weighted by Gasteiger charge is 2.31. The topological polar surface area (TPSA) is 12.0 Å². The molecule has 2 fully saturated rings. The first-order chi connectivity index (χ1) is 7.70. The molecule has 1 N–H and O–H groups in total. The van der Waals surface area contributed by atoms with Crippen molar-refractivity contribution in [2.75, 3.05) is 12.8 Å². The van der Waals surface area contributed by atoms with Crippen molar-refractivity contribution in [2.45, 2.75) is 61.3 Å². The predicted molar refractivity (Wildman–Crippen MR) is 77.6 cm³/mol. The van der Waals surface area contributed by atoms with Gasteiger partial charge in [-0.3, -0.25) is 0 Å². The molecule has 16 heavy (non-hydrogen) atoms. The van der Waals surface area contributed by atoms with Crippen LogP contribution in [0.3, 0.4) is 0 Å². The van der Waals surface area contributed by atoms with Crippen LogP contribution in [-0.2, 0) is 0 Å². The van der Waals surface area contributed by atoms with Crippen molar-refractivity contribution in [1.82, 2.24) is 5.32 Å². The highest BCUT2D eigenvalue weighted by molar-refractivity contribution is 8.07. The number of hydrogen-bond acceptors (Lipinski definition) is 3. The van der Waals surface area contributed by atoms with Gasteiger partial charge in [-0.1, -0.05) is 26.7 Å². The Hall–Kier alpha value is 0.660. The Labute approximate surface area is 109 Å². The lowest BCUT2D eigenvalue weighted by atomic mass is 10.1. The minimum Gasteiger partial charge on any atom is -0.316 e. The number of thioether (sulfide) groups is 2. The quantitative estimate of drug-likeness (QED) is 0.813. The minimum atomic E-state index is 0.744. The summed E-state index contributed by atoms with van der Waals surface area (Å²) < 4.78 is 0. The summed E-state index contributed by atoms with van der Waals surface area (Å²) in [6.45, 7) is 4.76. The normalized spacial score (nSPS) is 37.3. The summed E-state index contributed by atoms with van der Waals surface area (Å²) >= 11 is 4.38. The lowest BCUT2D eigenvalue weighted by molar-refractivity contribution is 0.484. The van der Waals surface area contributed by atoms with Gasteiger partial charge in [0.2, 0.25) is 0 Å². The summed E-state index contributed by atoms with van der Waals surface area (Å²) in [6.07, 6.45) is 5.84. The van der Waals surface area contributed by atoms with Crippen LogP contribution >= 0.6 is 23.5 Å². The highest BCUT2D eigenvalue weighted by atomic mass is 32.2. The first-order valence-corrected chi connectivity index (χ1v) is 8.64. The van der Waals surface area contributed by atoms with Gasteiger partial charge in [-0.05, 0) is 25.8 Å². The lowest BCUT2D eigenvalue weighted by Crippen LogP contribution is -2.41. The van der Waals surface area contributed by atoms with Crippen LogP contribution in [0, 0.1) is 5.92 Å². The molecule has 1 aliphatic carbocycles.